The summed E-state index contributed by atoms with van der Waals surface area (Å²) >= 11 is 0. The van der Waals surface area contributed by atoms with Crippen LogP contribution in [0.15, 0.2) is 54.6 Å². The topological polar surface area (TPSA) is 49.8 Å². The molecule has 132 valence electrons. The minimum atomic E-state index is -0.711. The molecule has 1 aliphatic heterocycles. The monoisotopic (exact) mass is 339 g/mol. The molecule has 1 atom stereocenters. The van der Waals surface area contributed by atoms with Gasteiger partial charge in [-0.05, 0) is 49.1 Å². The van der Waals surface area contributed by atoms with Crippen molar-refractivity contribution in [2.24, 2.45) is 0 Å². The molecule has 4 heteroatoms. The highest BCUT2D eigenvalue weighted by Gasteiger charge is 2.24. The number of unbranched alkanes of at least 4 members (excludes halogenated alkanes) is 1. The van der Waals surface area contributed by atoms with Crippen molar-refractivity contribution in [3.05, 3.63) is 60.2 Å². The molecule has 1 unspecified atom stereocenters. The van der Waals surface area contributed by atoms with E-state index >= 15 is 0 Å². The Morgan fingerprint density at radius 1 is 1.08 bits per heavy atom. The summed E-state index contributed by atoms with van der Waals surface area (Å²) in [6.07, 6.45) is 4.12. The average Bonchev–Trinajstić information content (AvgIpc) is 3.08. The van der Waals surface area contributed by atoms with E-state index in [2.05, 4.69) is 29.2 Å². The van der Waals surface area contributed by atoms with E-state index in [1.807, 2.05) is 30.3 Å². The second-order valence-electron chi connectivity index (χ2n) is 6.55. The average molecular weight is 339 g/mol. The minimum absolute atomic E-state index is 0.234. The minimum Gasteiger partial charge on any atom is -0.489 e. The number of carboxylic acids is 1. The molecule has 0 spiro atoms. The summed E-state index contributed by atoms with van der Waals surface area (Å²) in [6, 6.07) is 18.6. The van der Waals surface area contributed by atoms with Gasteiger partial charge in [0.2, 0.25) is 0 Å². The summed E-state index contributed by atoms with van der Waals surface area (Å²) in [5.74, 6) is 0.225. The molecule has 0 saturated carbocycles. The fraction of sp³-hybridized carbons (Fsp3) is 0.381. The number of hydrogen-bond donors (Lipinski definition) is 1. The predicted molar refractivity (Wildman–Crippen MR) is 99.3 cm³/mol. The van der Waals surface area contributed by atoms with Crippen molar-refractivity contribution in [3.8, 4) is 5.75 Å². The van der Waals surface area contributed by atoms with Gasteiger partial charge in [-0.1, -0.05) is 30.3 Å². The van der Waals surface area contributed by atoms with Gasteiger partial charge in [-0.2, -0.15) is 0 Å². The number of ether oxygens (including phenoxy) is 1. The molecule has 0 radical (unpaired) electrons. The Morgan fingerprint density at radius 3 is 2.56 bits per heavy atom. The molecule has 0 bridgehead atoms. The lowest BCUT2D eigenvalue weighted by molar-refractivity contribution is -0.137. The third kappa shape index (κ3) is 5.24. The molecule has 3 rings (SSSR count). The van der Waals surface area contributed by atoms with Crippen molar-refractivity contribution in [2.75, 3.05) is 18.0 Å². The summed E-state index contributed by atoms with van der Waals surface area (Å²) in [5, 5.41) is 8.67. The number of aryl methyl sites for hydroxylation is 1. The molecule has 2 aromatic rings. The van der Waals surface area contributed by atoms with Gasteiger partial charge in [-0.3, -0.25) is 4.79 Å². The molecule has 1 N–H and O–H groups in total. The van der Waals surface area contributed by atoms with E-state index in [1.54, 1.807) is 0 Å². The zero-order valence-corrected chi connectivity index (χ0v) is 14.4. The maximum absolute atomic E-state index is 10.5. The summed E-state index contributed by atoms with van der Waals surface area (Å²) in [5.41, 5.74) is 2.50. The summed E-state index contributed by atoms with van der Waals surface area (Å²) in [7, 11) is 0. The molecule has 2 aromatic carbocycles. The van der Waals surface area contributed by atoms with Crippen LogP contribution in [0.5, 0.6) is 5.75 Å². The molecule has 1 fully saturated rings. The van der Waals surface area contributed by atoms with Crippen LogP contribution < -0.4 is 9.64 Å². The molecule has 4 nitrogen and oxygen atoms in total. The highest BCUT2D eigenvalue weighted by Crippen LogP contribution is 2.24. The highest BCUT2D eigenvalue weighted by atomic mass is 16.5. The van der Waals surface area contributed by atoms with Crippen LogP contribution in [0, 0.1) is 0 Å². The number of aliphatic carboxylic acids is 1. The van der Waals surface area contributed by atoms with Gasteiger partial charge in [-0.25, -0.2) is 0 Å². The summed E-state index contributed by atoms with van der Waals surface area (Å²) in [4.78, 5) is 12.9. The van der Waals surface area contributed by atoms with Crippen LogP contribution in [-0.2, 0) is 11.2 Å². The number of carbonyl (C=O) groups is 1. The molecular weight excluding hydrogens is 314 g/mol. The van der Waals surface area contributed by atoms with Gasteiger partial charge in [0.25, 0.3) is 0 Å². The second-order valence-corrected chi connectivity index (χ2v) is 6.55. The Bertz CT molecular complexity index is 669. The Hall–Kier alpha value is -2.49. The van der Waals surface area contributed by atoms with E-state index in [-0.39, 0.29) is 12.5 Å². The fourth-order valence-corrected chi connectivity index (χ4v) is 3.23. The third-order valence-corrected chi connectivity index (χ3v) is 4.60. The number of rotatable bonds is 8. The van der Waals surface area contributed by atoms with Crippen LogP contribution in [0.4, 0.5) is 5.69 Å². The molecule has 1 heterocycles. The number of para-hydroxylation sites is 1. The molecule has 0 aromatic heterocycles. The van der Waals surface area contributed by atoms with E-state index in [9.17, 15) is 4.79 Å². The lowest BCUT2D eigenvalue weighted by Gasteiger charge is -2.19. The first-order chi connectivity index (χ1) is 12.2. The van der Waals surface area contributed by atoms with Gasteiger partial charge in [0.05, 0.1) is 6.54 Å². The number of nitrogens with zero attached hydrogens (tertiary/aromatic N) is 1. The maximum atomic E-state index is 10.5. The van der Waals surface area contributed by atoms with Crippen LogP contribution in [0.25, 0.3) is 0 Å². The van der Waals surface area contributed by atoms with Gasteiger partial charge in [0.15, 0.2) is 0 Å². The first kappa shape index (κ1) is 17.3. The number of carboxylic acid groups (broad SMARTS) is 1. The molecule has 0 amide bonds. The molecule has 1 aliphatic rings. The summed E-state index contributed by atoms with van der Waals surface area (Å²) in [6.45, 7) is 1.92. The summed E-state index contributed by atoms with van der Waals surface area (Å²) < 4.78 is 6.05. The molecular formula is C21H25NO3. The highest BCUT2D eigenvalue weighted by molar-refractivity contribution is 5.66. The standard InChI is InChI=1S/C21H25NO3/c23-21(24)9-5-4-6-17-10-12-18(13-11-17)22-15-14-20(16-22)25-19-7-2-1-3-8-19/h1-3,7-8,10-13,20H,4-6,9,14-16H2,(H,23,24). The van der Waals surface area contributed by atoms with Crippen LogP contribution in [0.3, 0.4) is 0 Å². The first-order valence-electron chi connectivity index (χ1n) is 8.98. The van der Waals surface area contributed by atoms with Crippen LogP contribution in [-0.4, -0.2) is 30.3 Å². The van der Waals surface area contributed by atoms with Gasteiger partial charge < -0.3 is 14.7 Å². The normalized spacial score (nSPS) is 16.8. The lowest BCUT2D eigenvalue weighted by Crippen LogP contribution is -2.24. The van der Waals surface area contributed by atoms with Crippen molar-refractivity contribution >= 4 is 11.7 Å². The van der Waals surface area contributed by atoms with E-state index in [1.165, 1.54) is 11.3 Å². The second kappa shape index (κ2) is 8.56. The molecule has 1 saturated heterocycles. The zero-order chi connectivity index (χ0) is 17.5. The van der Waals surface area contributed by atoms with Crippen LogP contribution in [0.2, 0.25) is 0 Å². The van der Waals surface area contributed by atoms with Gasteiger partial charge in [0, 0.05) is 25.1 Å². The van der Waals surface area contributed by atoms with Crippen molar-refractivity contribution in [1.29, 1.82) is 0 Å². The number of hydrogen-bond acceptors (Lipinski definition) is 3. The maximum Gasteiger partial charge on any atom is 0.303 e. The van der Waals surface area contributed by atoms with Crippen LogP contribution in [0.1, 0.15) is 31.2 Å². The van der Waals surface area contributed by atoms with Crippen molar-refractivity contribution in [1.82, 2.24) is 0 Å². The number of benzene rings is 2. The Morgan fingerprint density at radius 2 is 1.84 bits per heavy atom. The largest absolute Gasteiger partial charge is 0.489 e. The lowest BCUT2D eigenvalue weighted by atomic mass is 10.1. The van der Waals surface area contributed by atoms with E-state index < -0.39 is 5.97 Å². The molecule has 0 aliphatic carbocycles. The van der Waals surface area contributed by atoms with E-state index in [0.29, 0.717) is 0 Å². The Balaban J connectivity index is 1.47. The van der Waals surface area contributed by atoms with Crippen LogP contribution >= 0.6 is 0 Å². The third-order valence-electron chi connectivity index (χ3n) is 4.60. The molecule has 25 heavy (non-hydrogen) atoms. The SMILES string of the molecule is O=C(O)CCCCc1ccc(N2CCC(Oc3ccccc3)C2)cc1. The number of anilines is 1. The quantitative estimate of drug-likeness (QED) is 0.734. The van der Waals surface area contributed by atoms with E-state index in [4.69, 9.17) is 9.84 Å². The van der Waals surface area contributed by atoms with Gasteiger partial charge in [-0.15, -0.1) is 0 Å². The Labute approximate surface area is 149 Å². The van der Waals surface area contributed by atoms with Gasteiger partial charge >= 0.3 is 5.97 Å². The van der Waals surface area contributed by atoms with Crippen molar-refractivity contribution in [2.45, 2.75) is 38.2 Å². The van der Waals surface area contributed by atoms with Gasteiger partial charge in [0.1, 0.15) is 11.9 Å². The Kier molecular flexibility index (Phi) is 5.94. The van der Waals surface area contributed by atoms with Crippen molar-refractivity contribution in [3.63, 3.8) is 0 Å². The van der Waals surface area contributed by atoms with E-state index in [0.717, 1.165) is 44.5 Å². The zero-order valence-electron chi connectivity index (χ0n) is 14.4. The predicted octanol–water partition coefficient (Wildman–Crippen LogP) is 4.14. The smallest absolute Gasteiger partial charge is 0.303 e. The fourth-order valence-electron chi connectivity index (χ4n) is 3.23. The van der Waals surface area contributed by atoms with Crippen molar-refractivity contribution < 1.29 is 14.6 Å². The first-order valence-corrected chi connectivity index (χ1v) is 8.98.